The van der Waals surface area contributed by atoms with Crippen molar-refractivity contribution < 1.29 is 14.3 Å². The van der Waals surface area contributed by atoms with Gasteiger partial charge in [-0.25, -0.2) is 0 Å². The maximum atomic E-state index is 13.0. The molecular formula is C20H28N2O3. The van der Waals surface area contributed by atoms with E-state index in [2.05, 4.69) is 26.1 Å². The number of rotatable bonds is 3. The summed E-state index contributed by atoms with van der Waals surface area (Å²) < 4.78 is 5.67. The molecular weight excluding hydrogens is 316 g/mol. The number of ether oxygens (including phenoxy) is 1. The fourth-order valence-corrected chi connectivity index (χ4v) is 3.44. The molecule has 0 bridgehead atoms. The summed E-state index contributed by atoms with van der Waals surface area (Å²) in [6, 6.07) is 7.40. The third kappa shape index (κ3) is 4.21. The summed E-state index contributed by atoms with van der Waals surface area (Å²) in [5.74, 6) is -0.113. The van der Waals surface area contributed by atoms with Crippen LogP contribution in [-0.2, 0) is 19.7 Å². The molecule has 2 heterocycles. The lowest BCUT2D eigenvalue weighted by Crippen LogP contribution is -2.41. The third-order valence-corrected chi connectivity index (χ3v) is 5.03. The van der Waals surface area contributed by atoms with Crippen LogP contribution in [0.3, 0.4) is 0 Å². The van der Waals surface area contributed by atoms with Crippen molar-refractivity contribution in [2.24, 2.45) is 0 Å². The van der Waals surface area contributed by atoms with Crippen LogP contribution in [0.1, 0.15) is 57.2 Å². The third-order valence-electron chi connectivity index (χ3n) is 5.03. The van der Waals surface area contributed by atoms with Gasteiger partial charge in [-0.15, -0.1) is 0 Å². The largest absolute Gasteiger partial charge is 0.376 e. The van der Waals surface area contributed by atoms with Gasteiger partial charge in [0.15, 0.2) is 0 Å². The van der Waals surface area contributed by atoms with Crippen molar-refractivity contribution in [3.63, 3.8) is 0 Å². The lowest BCUT2D eigenvalue weighted by Gasteiger charge is -2.27. The predicted molar refractivity (Wildman–Crippen MR) is 96.2 cm³/mol. The molecule has 2 amide bonds. The highest BCUT2D eigenvalue weighted by molar-refractivity contribution is 5.90. The van der Waals surface area contributed by atoms with E-state index in [1.54, 1.807) is 4.90 Å². The summed E-state index contributed by atoms with van der Waals surface area (Å²) in [4.78, 5) is 26.9. The monoisotopic (exact) mass is 344 g/mol. The van der Waals surface area contributed by atoms with Crippen molar-refractivity contribution in [3.8, 4) is 0 Å². The number of benzene rings is 1. The second kappa shape index (κ2) is 7.16. The van der Waals surface area contributed by atoms with E-state index in [-0.39, 0.29) is 23.3 Å². The zero-order chi connectivity index (χ0) is 18.0. The van der Waals surface area contributed by atoms with E-state index < -0.39 is 6.04 Å². The standard InChI is InChI=1S/C20H28N2O3/c1-20(2,3)15-8-6-14(7-9-15)18-19(24)22(11-10-17(23)21-18)13-16-5-4-12-25-16/h6-9,16,18H,4-5,10-13H2,1-3H3,(H,21,23). The maximum Gasteiger partial charge on any atom is 0.249 e. The van der Waals surface area contributed by atoms with Gasteiger partial charge in [0.05, 0.1) is 6.10 Å². The van der Waals surface area contributed by atoms with Gasteiger partial charge in [0, 0.05) is 26.1 Å². The number of nitrogens with zero attached hydrogens (tertiary/aromatic N) is 1. The number of carbonyl (C=O) groups is 2. The molecule has 1 aromatic carbocycles. The molecule has 2 unspecified atom stereocenters. The molecule has 2 saturated heterocycles. The minimum Gasteiger partial charge on any atom is -0.376 e. The average molecular weight is 344 g/mol. The van der Waals surface area contributed by atoms with Gasteiger partial charge >= 0.3 is 0 Å². The summed E-state index contributed by atoms with van der Waals surface area (Å²) in [5.41, 5.74) is 2.10. The van der Waals surface area contributed by atoms with E-state index in [1.165, 1.54) is 5.56 Å². The number of amides is 2. The summed E-state index contributed by atoms with van der Waals surface area (Å²) in [6.07, 6.45) is 2.47. The molecule has 1 aromatic rings. The first kappa shape index (κ1) is 17.9. The topological polar surface area (TPSA) is 58.6 Å². The van der Waals surface area contributed by atoms with Crippen LogP contribution in [0.4, 0.5) is 0 Å². The Bertz CT molecular complexity index is 627. The number of carbonyl (C=O) groups excluding carboxylic acids is 2. The van der Waals surface area contributed by atoms with Crippen LogP contribution >= 0.6 is 0 Å². The Labute approximate surface area is 149 Å². The van der Waals surface area contributed by atoms with Crippen LogP contribution in [0.25, 0.3) is 0 Å². The average Bonchev–Trinajstić information content (AvgIpc) is 3.03. The van der Waals surface area contributed by atoms with E-state index in [9.17, 15) is 9.59 Å². The highest BCUT2D eigenvalue weighted by Gasteiger charge is 2.33. The van der Waals surface area contributed by atoms with Crippen LogP contribution in [0.15, 0.2) is 24.3 Å². The Morgan fingerprint density at radius 3 is 2.52 bits per heavy atom. The molecule has 3 rings (SSSR count). The van der Waals surface area contributed by atoms with Gasteiger partial charge in [0.1, 0.15) is 6.04 Å². The highest BCUT2D eigenvalue weighted by Crippen LogP contribution is 2.26. The van der Waals surface area contributed by atoms with Gasteiger partial charge in [-0.3, -0.25) is 9.59 Å². The Hall–Kier alpha value is -1.88. The quantitative estimate of drug-likeness (QED) is 0.917. The van der Waals surface area contributed by atoms with Crippen LogP contribution in [0, 0.1) is 0 Å². The number of nitrogens with one attached hydrogen (secondary N) is 1. The Morgan fingerprint density at radius 1 is 1.20 bits per heavy atom. The maximum absolute atomic E-state index is 13.0. The zero-order valence-corrected chi connectivity index (χ0v) is 15.4. The van der Waals surface area contributed by atoms with Gasteiger partial charge < -0.3 is 15.0 Å². The van der Waals surface area contributed by atoms with E-state index in [0.29, 0.717) is 19.5 Å². The van der Waals surface area contributed by atoms with Gasteiger partial charge in [-0.2, -0.15) is 0 Å². The molecule has 0 aromatic heterocycles. The van der Waals surface area contributed by atoms with Gasteiger partial charge in [-0.1, -0.05) is 45.0 Å². The normalized spacial score (nSPS) is 25.0. The first-order chi connectivity index (χ1) is 11.8. The first-order valence-corrected chi connectivity index (χ1v) is 9.15. The van der Waals surface area contributed by atoms with Crippen molar-refractivity contribution >= 4 is 11.8 Å². The SMILES string of the molecule is CC(C)(C)c1ccc(C2NC(=O)CCN(CC3CCCO3)C2=O)cc1. The molecule has 2 aliphatic heterocycles. The molecule has 136 valence electrons. The fourth-order valence-electron chi connectivity index (χ4n) is 3.44. The van der Waals surface area contributed by atoms with Crippen LogP contribution in [0.2, 0.25) is 0 Å². The van der Waals surface area contributed by atoms with Crippen molar-refractivity contribution in [1.82, 2.24) is 10.2 Å². The van der Waals surface area contributed by atoms with Crippen molar-refractivity contribution in [2.45, 2.75) is 57.6 Å². The van der Waals surface area contributed by atoms with Crippen LogP contribution < -0.4 is 5.32 Å². The number of hydrogen-bond donors (Lipinski definition) is 1. The van der Waals surface area contributed by atoms with Gasteiger partial charge in [0.2, 0.25) is 11.8 Å². The van der Waals surface area contributed by atoms with Gasteiger partial charge in [-0.05, 0) is 29.4 Å². The highest BCUT2D eigenvalue weighted by atomic mass is 16.5. The molecule has 1 N–H and O–H groups in total. The zero-order valence-electron chi connectivity index (χ0n) is 15.4. The minimum absolute atomic E-state index is 0.0372. The molecule has 5 heteroatoms. The van der Waals surface area contributed by atoms with Crippen molar-refractivity contribution in [3.05, 3.63) is 35.4 Å². The van der Waals surface area contributed by atoms with Crippen molar-refractivity contribution in [1.29, 1.82) is 0 Å². The second-order valence-corrected chi connectivity index (χ2v) is 8.04. The van der Waals surface area contributed by atoms with E-state index in [1.807, 2.05) is 24.3 Å². The second-order valence-electron chi connectivity index (χ2n) is 8.04. The summed E-state index contributed by atoms with van der Waals surface area (Å²) in [7, 11) is 0. The fraction of sp³-hybridized carbons (Fsp3) is 0.600. The molecule has 25 heavy (non-hydrogen) atoms. The van der Waals surface area contributed by atoms with E-state index >= 15 is 0 Å². The van der Waals surface area contributed by atoms with Crippen molar-refractivity contribution in [2.75, 3.05) is 19.7 Å². The van der Waals surface area contributed by atoms with Crippen LogP contribution in [-0.4, -0.2) is 42.5 Å². The lowest BCUT2D eigenvalue weighted by molar-refractivity contribution is -0.135. The minimum atomic E-state index is -0.606. The van der Waals surface area contributed by atoms with E-state index in [0.717, 1.165) is 25.0 Å². The molecule has 0 aliphatic carbocycles. The number of hydrogen-bond acceptors (Lipinski definition) is 3. The Balaban J connectivity index is 1.79. The molecule has 0 spiro atoms. The summed E-state index contributed by atoms with van der Waals surface area (Å²) >= 11 is 0. The summed E-state index contributed by atoms with van der Waals surface area (Å²) in [5, 5.41) is 2.89. The smallest absolute Gasteiger partial charge is 0.249 e. The molecule has 2 fully saturated rings. The molecule has 0 saturated carbocycles. The Morgan fingerprint density at radius 2 is 1.92 bits per heavy atom. The first-order valence-electron chi connectivity index (χ1n) is 9.15. The Kier molecular flexibility index (Phi) is 5.13. The molecule has 0 radical (unpaired) electrons. The van der Waals surface area contributed by atoms with E-state index in [4.69, 9.17) is 4.74 Å². The molecule has 2 atom stereocenters. The summed E-state index contributed by atoms with van der Waals surface area (Å²) in [6.45, 7) is 8.27. The molecule has 2 aliphatic rings. The molecule has 5 nitrogen and oxygen atoms in total. The van der Waals surface area contributed by atoms with Crippen LogP contribution in [0.5, 0.6) is 0 Å². The van der Waals surface area contributed by atoms with Gasteiger partial charge in [0.25, 0.3) is 0 Å². The predicted octanol–water partition coefficient (Wildman–Crippen LogP) is 2.55. The lowest BCUT2D eigenvalue weighted by atomic mass is 9.86.